The van der Waals surface area contributed by atoms with Crippen LogP contribution >= 0.6 is 0 Å². The first kappa shape index (κ1) is 10.8. The van der Waals surface area contributed by atoms with Gasteiger partial charge < -0.3 is 5.73 Å². The van der Waals surface area contributed by atoms with Crippen molar-refractivity contribution in [3.63, 3.8) is 0 Å². The maximum absolute atomic E-state index is 13.4. The normalized spacial score (nSPS) is 12.7. The van der Waals surface area contributed by atoms with Crippen LogP contribution < -0.4 is 5.73 Å². The quantitative estimate of drug-likeness (QED) is 0.858. The number of hydrogen-bond acceptors (Lipinski definition) is 2. The molecule has 0 aliphatic rings. The summed E-state index contributed by atoms with van der Waals surface area (Å²) in [6.07, 6.45) is 1.84. The van der Waals surface area contributed by atoms with Crippen molar-refractivity contribution in [1.82, 2.24) is 9.78 Å². The van der Waals surface area contributed by atoms with Crippen LogP contribution in [0.25, 0.3) is 0 Å². The Morgan fingerprint density at radius 3 is 2.75 bits per heavy atom. The highest BCUT2D eigenvalue weighted by molar-refractivity contribution is 5.20. The lowest BCUT2D eigenvalue weighted by atomic mass is 10.1. The summed E-state index contributed by atoms with van der Waals surface area (Å²) in [7, 11) is 0. The molecule has 1 atom stereocenters. The Kier molecular flexibility index (Phi) is 3.01. The van der Waals surface area contributed by atoms with Crippen molar-refractivity contribution < 1.29 is 4.39 Å². The van der Waals surface area contributed by atoms with Crippen molar-refractivity contribution in [3.8, 4) is 0 Å². The van der Waals surface area contributed by atoms with E-state index < -0.39 is 0 Å². The summed E-state index contributed by atoms with van der Waals surface area (Å²) in [5.41, 5.74) is 7.39. The second kappa shape index (κ2) is 4.45. The lowest BCUT2D eigenvalue weighted by Crippen LogP contribution is -2.19. The van der Waals surface area contributed by atoms with Crippen molar-refractivity contribution in [2.24, 2.45) is 5.73 Å². The monoisotopic (exact) mass is 219 g/mol. The van der Waals surface area contributed by atoms with Gasteiger partial charge in [-0.25, -0.2) is 4.39 Å². The molecule has 0 amide bonds. The molecule has 3 nitrogen and oxygen atoms in total. The van der Waals surface area contributed by atoms with Crippen LogP contribution in [0.4, 0.5) is 4.39 Å². The van der Waals surface area contributed by atoms with Crippen LogP contribution in [0.15, 0.2) is 36.5 Å². The predicted octanol–water partition coefficient (Wildman–Crippen LogP) is 2.03. The zero-order valence-electron chi connectivity index (χ0n) is 9.10. The van der Waals surface area contributed by atoms with E-state index in [-0.39, 0.29) is 11.9 Å². The van der Waals surface area contributed by atoms with Crippen LogP contribution in [-0.2, 0) is 6.54 Å². The summed E-state index contributed by atoms with van der Waals surface area (Å²) >= 11 is 0. The molecule has 16 heavy (non-hydrogen) atoms. The highest BCUT2D eigenvalue weighted by Crippen LogP contribution is 2.15. The standard InChI is InChI=1S/C12H14FN3/c1-9-6-7-16(15-9)8-12(14)10-4-2-3-5-11(10)13/h2-7,12H,8,14H2,1H3. The number of hydrogen-bond donors (Lipinski definition) is 1. The maximum Gasteiger partial charge on any atom is 0.128 e. The topological polar surface area (TPSA) is 43.8 Å². The summed E-state index contributed by atoms with van der Waals surface area (Å²) in [5, 5.41) is 4.22. The van der Waals surface area contributed by atoms with Gasteiger partial charge in [-0.3, -0.25) is 4.68 Å². The van der Waals surface area contributed by atoms with Gasteiger partial charge in [0.15, 0.2) is 0 Å². The molecule has 0 saturated heterocycles. The van der Waals surface area contributed by atoms with Crippen molar-refractivity contribution in [2.45, 2.75) is 19.5 Å². The molecule has 4 heteroatoms. The SMILES string of the molecule is Cc1ccn(CC(N)c2ccccc2F)n1. The van der Waals surface area contributed by atoms with Gasteiger partial charge in [-0.05, 0) is 19.1 Å². The molecule has 0 aliphatic carbocycles. The molecule has 0 spiro atoms. The lowest BCUT2D eigenvalue weighted by molar-refractivity contribution is 0.500. The largest absolute Gasteiger partial charge is 0.322 e. The highest BCUT2D eigenvalue weighted by Gasteiger charge is 2.11. The Balaban J connectivity index is 2.14. The average Bonchev–Trinajstić information content (AvgIpc) is 2.64. The summed E-state index contributed by atoms with van der Waals surface area (Å²) in [6.45, 7) is 2.39. The summed E-state index contributed by atoms with van der Waals surface area (Å²) in [4.78, 5) is 0. The summed E-state index contributed by atoms with van der Waals surface area (Å²) in [6, 6.07) is 8.09. The smallest absolute Gasteiger partial charge is 0.128 e. The lowest BCUT2D eigenvalue weighted by Gasteiger charge is -2.12. The van der Waals surface area contributed by atoms with E-state index in [9.17, 15) is 4.39 Å². The molecule has 1 aromatic heterocycles. The van der Waals surface area contributed by atoms with E-state index in [2.05, 4.69) is 5.10 Å². The van der Waals surface area contributed by atoms with E-state index in [1.807, 2.05) is 19.2 Å². The molecule has 0 aliphatic heterocycles. The van der Waals surface area contributed by atoms with Gasteiger partial charge in [-0.15, -0.1) is 0 Å². The van der Waals surface area contributed by atoms with Crippen molar-refractivity contribution >= 4 is 0 Å². The van der Waals surface area contributed by atoms with Gasteiger partial charge >= 0.3 is 0 Å². The number of benzene rings is 1. The molecule has 0 fully saturated rings. The first-order valence-electron chi connectivity index (χ1n) is 5.17. The molecule has 1 heterocycles. The number of rotatable bonds is 3. The molecule has 0 saturated carbocycles. The fourth-order valence-electron chi connectivity index (χ4n) is 1.64. The van der Waals surface area contributed by atoms with E-state index in [4.69, 9.17) is 5.73 Å². The fraction of sp³-hybridized carbons (Fsp3) is 0.250. The Labute approximate surface area is 93.7 Å². The average molecular weight is 219 g/mol. The van der Waals surface area contributed by atoms with Crippen LogP contribution in [0, 0.1) is 12.7 Å². The third-order valence-corrected chi connectivity index (χ3v) is 2.46. The zero-order valence-corrected chi connectivity index (χ0v) is 9.10. The van der Waals surface area contributed by atoms with E-state index in [0.29, 0.717) is 12.1 Å². The van der Waals surface area contributed by atoms with E-state index in [1.165, 1.54) is 6.07 Å². The minimum atomic E-state index is -0.375. The Morgan fingerprint density at radius 1 is 1.38 bits per heavy atom. The third kappa shape index (κ3) is 2.28. The molecular weight excluding hydrogens is 205 g/mol. The van der Waals surface area contributed by atoms with Crippen LogP contribution in [0.2, 0.25) is 0 Å². The van der Waals surface area contributed by atoms with Crippen molar-refractivity contribution in [3.05, 3.63) is 53.6 Å². The number of nitrogens with two attached hydrogens (primary N) is 1. The van der Waals surface area contributed by atoms with Crippen LogP contribution in [0.1, 0.15) is 17.3 Å². The first-order valence-corrected chi connectivity index (χ1v) is 5.17. The second-order valence-corrected chi connectivity index (χ2v) is 3.81. The summed E-state index contributed by atoms with van der Waals surface area (Å²) < 4.78 is 15.2. The van der Waals surface area contributed by atoms with Gasteiger partial charge in [0.1, 0.15) is 5.82 Å². The molecule has 0 bridgehead atoms. The van der Waals surface area contributed by atoms with E-state index in [1.54, 1.807) is 22.9 Å². The van der Waals surface area contributed by atoms with E-state index >= 15 is 0 Å². The van der Waals surface area contributed by atoms with Crippen molar-refractivity contribution in [2.75, 3.05) is 0 Å². The van der Waals surface area contributed by atoms with Gasteiger partial charge in [0.25, 0.3) is 0 Å². The van der Waals surface area contributed by atoms with Gasteiger partial charge in [0.2, 0.25) is 0 Å². The van der Waals surface area contributed by atoms with Gasteiger partial charge in [-0.2, -0.15) is 5.10 Å². The molecule has 2 aromatic rings. The van der Waals surface area contributed by atoms with Crippen LogP contribution in [0.5, 0.6) is 0 Å². The van der Waals surface area contributed by atoms with E-state index in [0.717, 1.165) is 5.69 Å². The fourth-order valence-corrected chi connectivity index (χ4v) is 1.64. The molecule has 84 valence electrons. The van der Waals surface area contributed by atoms with Gasteiger partial charge in [0.05, 0.1) is 18.3 Å². The number of halogens is 1. The van der Waals surface area contributed by atoms with Gasteiger partial charge in [0, 0.05) is 11.8 Å². The minimum Gasteiger partial charge on any atom is -0.322 e. The van der Waals surface area contributed by atoms with Crippen molar-refractivity contribution in [1.29, 1.82) is 0 Å². The molecular formula is C12H14FN3. The van der Waals surface area contributed by atoms with Crippen LogP contribution in [-0.4, -0.2) is 9.78 Å². The Morgan fingerprint density at radius 2 is 2.12 bits per heavy atom. The minimum absolute atomic E-state index is 0.265. The highest BCUT2D eigenvalue weighted by atomic mass is 19.1. The number of aryl methyl sites for hydroxylation is 1. The molecule has 1 aromatic carbocycles. The first-order chi connectivity index (χ1) is 7.66. The maximum atomic E-state index is 13.4. The third-order valence-electron chi connectivity index (χ3n) is 2.46. The molecule has 2 rings (SSSR count). The Hall–Kier alpha value is -1.68. The molecule has 0 radical (unpaired) electrons. The molecule has 1 unspecified atom stereocenters. The van der Waals surface area contributed by atoms with Crippen LogP contribution in [0.3, 0.4) is 0 Å². The predicted molar refractivity (Wildman–Crippen MR) is 60.3 cm³/mol. The van der Waals surface area contributed by atoms with Gasteiger partial charge in [-0.1, -0.05) is 18.2 Å². The summed E-state index contributed by atoms with van der Waals surface area (Å²) in [5.74, 6) is -0.265. The zero-order chi connectivity index (χ0) is 11.5. The number of aromatic nitrogens is 2. The second-order valence-electron chi connectivity index (χ2n) is 3.81. The Bertz CT molecular complexity index is 479. The number of nitrogens with zero attached hydrogens (tertiary/aromatic N) is 2. The molecule has 2 N–H and O–H groups in total.